The van der Waals surface area contributed by atoms with E-state index in [1.807, 2.05) is 43.5 Å². The molecule has 37 heavy (non-hydrogen) atoms. The van der Waals surface area contributed by atoms with Crippen LogP contribution >= 0.6 is 0 Å². The number of morpholine rings is 1. The highest BCUT2D eigenvalue weighted by atomic mass is 16.5. The molecule has 0 bridgehead atoms. The van der Waals surface area contributed by atoms with Crippen molar-refractivity contribution < 1.29 is 23.8 Å². The van der Waals surface area contributed by atoms with Crippen molar-refractivity contribution in [3.8, 4) is 17.2 Å². The highest BCUT2D eigenvalue weighted by Crippen LogP contribution is 2.39. The van der Waals surface area contributed by atoms with E-state index < -0.39 is 5.97 Å². The monoisotopic (exact) mass is 503 g/mol. The molecule has 3 heterocycles. The number of oxazole rings is 1. The first-order valence-corrected chi connectivity index (χ1v) is 12.9. The number of carboxylic acids is 1. The fourth-order valence-electron chi connectivity index (χ4n) is 5.05. The van der Waals surface area contributed by atoms with Gasteiger partial charge >= 0.3 is 5.97 Å². The van der Waals surface area contributed by atoms with Crippen LogP contribution in [-0.4, -0.2) is 54.0 Å². The SMILES string of the molecule is Cc1oc(-c2ccc(N3CCOCC3)nc2)nc1CCOc1cccc2c1CCC(C)/C2=C/CC(=O)O. The normalized spacial score (nSPS) is 18.6. The maximum Gasteiger partial charge on any atom is 0.307 e. The Morgan fingerprint density at radius 2 is 2.08 bits per heavy atom. The van der Waals surface area contributed by atoms with Gasteiger partial charge in [0.15, 0.2) is 0 Å². The van der Waals surface area contributed by atoms with Gasteiger partial charge in [0.25, 0.3) is 0 Å². The molecule has 0 amide bonds. The van der Waals surface area contributed by atoms with Crippen molar-refractivity contribution >= 4 is 17.4 Å². The first kappa shape index (κ1) is 25.0. The van der Waals surface area contributed by atoms with Gasteiger partial charge in [-0.3, -0.25) is 4.79 Å². The lowest BCUT2D eigenvalue weighted by Crippen LogP contribution is -2.36. The average molecular weight is 504 g/mol. The van der Waals surface area contributed by atoms with Crippen molar-refractivity contribution in [2.24, 2.45) is 5.92 Å². The number of carbonyl (C=O) groups is 1. The number of aliphatic carboxylic acids is 1. The van der Waals surface area contributed by atoms with E-state index in [1.165, 1.54) is 0 Å². The fraction of sp³-hybridized carbons (Fsp3) is 0.414. The molecule has 1 unspecified atom stereocenters. The summed E-state index contributed by atoms with van der Waals surface area (Å²) in [6, 6.07) is 10.0. The summed E-state index contributed by atoms with van der Waals surface area (Å²) in [6.07, 6.45) is 6.20. The summed E-state index contributed by atoms with van der Waals surface area (Å²) in [5.74, 6) is 2.65. The number of rotatable bonds is 8. The van der Waals surface area contributed by atoms with Crippen LogP contribution in [0.5, 0.6) is 5.75 Å². The minimum absolute atomic E-state index is 0.0312. The summed E-state index contributed by atoms with van der Waals surface area (Å²) in [5, 5.41) is 9.13. The maximum absolute atomic E-state index is 11.1. The van der Waals surface area contributed by atoms with Crippen molar-refractivity contribution in [2.45, 2.75) is 39.5 Å². The predicted molar refractivity (Wildman–Crippen MR) is 141 cm³/mol. The zero-order valence-corrected chi connectivity index (χ0v) is 21.4. The maximum atomic E-state index is 11.1. The van der Waals surface area contributed by atoms with E-state index in [2.05, 4.69) is 22.9 Å². The van der Waals surface area contributed by atoms with Crippen LogP contribution in [0.4, 0.5) is 5.82 Å². The summed E-state index contributed by atoms with van der Waals surface area (Å²) >= 11 is 0. The minimum atomic E-state index is -0.814. The van der Waals surface area contributed by atoms with E-state index in [0.717, 1.165) is 84.4 Å². The molecule has 8 nitrogen and oxygen atoms in total. The van der Waals surface area contributed by atoms with Crippen LogP contribution in [0.2, 0.25) is 0 Å². The molecule has 1 aliphatic carbocycles. The van der Waals surface area contributed by atoms with E-state index in [0.29, 0.717) is 24.8 Å². The van der Waals surface area contributed by atoms with Gasteiger partial charge in [-0.2, -0.15) is 0 Å². The van der Waals surface area contributed by atoms with Crippen molar-refractivity contribution in [2.75, 3.05) is 37.8 Å². The molecule has 1 atom stereocenters. The number of benzene rings is 1. The van der Waals surface area contributed by atoms with Gasteiger partial charge < -0.3 is 23.9 Å². The lowest BCUT2D eigenvalue weighted by molar-refractivity contribution is -0.136. The van der Waals surface area contributed by atoms with Gasteiger partial charge in [-0.15, -0.1) is 0 Å². The number of aromatic nitrogens is 2. The third-order valence-electron chi connectivity index (χ3n) is 7.12. The molecule has 0 saturated carbocycles. The summed E-state index contributed by atoms with van der Waals surface area (Å²) in [6.45, 7) is 7.69. The molecule has 1 saturated heterocycles. The smallest absolute Gasteiger partial charge is 0.307 e. The van der Waals surface area contributed by atoms with E-state index in [9.17, 15) is 4.79 Å². The Labute approximate surface area is 216 Å². The predicted octanol–water partition coefficient (Wildman–Crippen LogP) is 4.94. The van der Waals surface area contributed by atoms with Crippen LogP contribution in [0.25, 0.3) is 17.0 Å². The molecular formula is C29H33N3O5. The summed E-state index contributed by atoms with van der Waals surface area (Å²) in [7, 11) is 0. The van der Waals surface area contributed by atoms with Crippen molar-refractivity contribution in [1.29, 1.82) is 0 Å². The van der Waals surface area contributed by atoms with E-state index >= 15 is 0 Å². The number of fused-ring (bicyclic) bond motifs is 1. The number of hydrogen-bond donors (Lipinski definition) is 1. The number of allylic oxidation sites excluding steroid dienone is 1. The van der Waals surface area contributed by atoms with Crippen LogP contribution in [0.3, 0.4) is 0 Å². The zero-order valence-electron chi connectivity index (χ0n) is 21.4. The molecule has 2 aromatic heterocycles. The topological polar surface area (TPSA) is 97.9 Å². The van der Waals surface area contributed by atoms with Gasteiger partial charge in [-0.05, 0) is 55.0 Å². The third-order valence-corrected chi connectivity index (χ3v) is 7.12. The lowest BCUT2D eigenvalue weighted by Gasteiger charge is -2.27. The Morgan fingerprint density at radius 3 is 2.84 bits per heavy atom. The largest absolute Gasteiger partial charge is 0.493 e. The standard InChI is InChI=1S/C29H33N3O5/c1-19-6-8-24-23(22(19)9-11-28(33)34)4-3-5-26(24)36-15-12-25-20(2)37-29(31-25)21-7-10-27(30-18-21)32-13-16-35-17-14-32/h3-5,7,9-10,18-19H,6,8,11-17H2,1-2H3,(H,33,34)/b22-9-. The molecule has 194 valence electrons. The second-order valence-electron chi connectivity index (χ2n) is 9.60. The first-order valence-electron chi connectivity index (χ1n) is 12.9. The van der Waals surface area contributed by atoms with Gasteiger partial charge in [0, 0.05) is 31.3 Å². The molecule has 0 spiro atoms. The first-order chi connectivity index (χ1) is 18.0. The van der Waals surface area contributed by atoms with Crippen LogP contribution in [0.1, 0.15) is 42.3 Å². The van der Waals surface area contributed by atoms with Crippen molar-refractivity contribution in [3.05, 3.63) is 65.2 Å². The number of anilines is 1. The third kappa shape index (κ3) is 5.69. The molecular weight excluding hydrogens is 470 g/mol. The number of aryl methyl sites for hydroxylation is 1. The summed E-state index contributed by atoms with van der Waals surface area (Å²) < 4.78 is 17.6. The molecule has 1 aromatic carbocycles. The van der Waals surface area contributed by atoms with Crippen molar-refractivity contribution in [3.63, 3.8) is 0 Å². The van der Waals surface area contributed by atoms with Crippen LogP contribution in [-0.2, 0) is 22.4 Å². The second kappa shape index (κ2) is 11.2. The lowest BCUT2D eigenvalue weighted by atomic mass is 9.79. The molecule has 3 aromatic rings. The van der Waals surface area contributed by atoms with E-state index in [-0.39, 0.29) is 6.42 Å². The van der Waals surface area contributed by atoms with E-state index in [4.69, 9.17) is 24.0 Å². The number of hydrogen-bond acceptors (Lipinski definition) is 7. The van der Waals surface area contributed by atoms with Crippen LogP contribution in [0, 0.1) is 12.8 Å². The zero-order chi connectivity index (χ0) is 25.8. The highest BCUT2D eigenvalue weighted by Gasteiger charge is 2.23. The second-order valence-corrected chi connectivity index (χ2v) is 9.60. The number of carboxylic acid groups (broad SMARTS) is 1. The molecule has 8 heteroatoms. The number of pyridine rings is 1. The fourth-order valence-corrected chi connectivity index (χ4v) is 5.05. The Kier molecular flexibility index (Phi) is 7.55. The number of nitrogens with zero attached hydrogens (tertiary/aromatic N) is 3. The molecule has 2 aliphatic rings. The van der Waals surface area contributed by atoms with Gasteiger partial charge in [-0.25, -0.2) is 9.97 Å². The van der Waals surface area contributed by atoms with Gasteiger partial charge in [0.2, 0.25) is 5.89 Å². The van der Waals surface area contributed by atoms with Gasteiger partial charge in [0.1, 0.15) is 17.3 Å². The Hall–Kier alpha value is -3.65. The molecule has 1 fully saturated rings. The molecule has 1 aliphatic heterocycles. The molecule has 5 rings (SSSR count). The van der Waals surface area contributed by atoms with Crippen LogP contribution in [0.15, 0.2) is 47.0 Å². The minimum Gasteiger partial charge on any atom is -0.493 e. The van der Waals surface area contributed by atoms with Crippen LogP contribution < -0.4 is 9.64 Å². The quantitative estimate of drug-likeness (QED) is 0.461. The molecule has 1 N–H and O–H groups in total. The van der Waals surface area contributed by atoms with Gasteiger partial charge in [0.05, 0.1) is 37.5 Å². The Bertz CT molecular complexity index is 1280. The average Bonchev–Trinajstić information content (AvgIpc) is 3.29. The highest BCUT2D eigenvalue weighted by molar-refractivity contribution is 5.77. The van der Waals surface area contributed by atoms with Gasteiger partial charge in [-0.1, -0.05) is 25.1 Å². The van der Waals surface area contributed by atoms with E-state index in [1.54, 1.807) is 0 Å². The summed E-state index contributed by atoms with van der Waals surface area (Å²) in [5.41, 5.74) is 5.07. The number of ether oxygens (including phenoxy) is 2. The van der Waals surface area contributed by atoms with Crippen molar-refractivity contribution in [1.82, 2.24) is 9.97 Å². The Morgan fingerprint density at radius 1 is 1.24 bits per heavy atom. The Balaban J connectivity index is 1.24. The molecule has 0 radical (unpaired) electrons. The summed E-state index contributed by atoms with van der Waals surface area (Å²) in [4.78, 5) is 22.6.